The Morgan fingerprint density at radius 2 is 1.58 bits per heavy atom. The van der Waals surface area contributed by atoms with Gasteiger partial charge < -0.3 is 28.8 Å². The van der Waals surface area contributed by atoms with Gasteiger partial charge in [-0.1, -0.05) is 6.08 Å². The van der Waals surface area contributed by atoms with Crippen LogP contribution in [0.25, 0.3) is 0 Å². The van der Waals surface area contributed by atoms with E-state index in [9.17, 15) is 10.4 Å². The van der Waals surface area contributed by atoms with Gasteiger partial charge in [-0.15, -0.1) is 0 Å². The summed E-state index contributed by atoms with van der Waals surface area (Å²) in [4.78, 5) is 0. The van der Waals surface area contributed by atoms with Gasteiger partial charge in [0.1, 0.15) is 47.6 Å². The molecule has 4 fully saturated rings. The molecule has 5 rings (SSSR count). The summed E-state index contributed by atoms with van der Waals surface area (Å²) >= 11 is 0. The van der Waals surface area contributed by atoms with Crippen molar-refractivity contribution in [3.8, 4) is 6.07 Å². The zero-order valence-corrected chi connectivity index (χ0v) is 14.1. The first-order chi connectivity index (χ1) is 11.1. The molecule has 0 aromatic carbocycles. The van der Waals surface area contributed by atoms with Crippen LogP contribution in [0.3, 0.4) is 0 Å². The van der Waals surface area contributed by atoms with Gasteiger partial charge in [0.25, 0.3) is 0 Å². The number of fused-ring (bicyclic) bond motifs is 8. The minimum atomic E-state index is -1.50. The van der Waals surface area contributed by atoms with Crippen molar-refractivity contribution in [1.82, 2.24) is 0 Å². The predicted octanol–water partition coefficient (Wildman–Crippen LogP) is 0.618. The Hall–Kier alpha value is -1.01. The maximum Gasteiger partial charge on any atom is 0.164 e. The summed E-state index contributed by atoms with van der Waals surface area (Å²) in [5, 5.41) is 21.7. The second kappa shape index (κ2) is 4.04. The first-order valence-electron chi connectivity index (χ1n) is 8.33. The minimum absolute atomic E-state index is 0.278. The first-order valence-corrected chi connectivity index (χ1v) is 8.33. The molecule has 1 saturated carbocycles. The summed E-state index contributed by atoms with van der Waals surface area (Å²) in [6.07, 6.45) is 0.462. The average Bonchev–Trinajstić information content (AvgIpc) is 3.13. The molecule has 0 aromatic heterocycles. The summed E-state index contributed by atoms with van der Waals surface area (Å²) in [5.41, 5.74) is -2.86. The number of hydrogen-bond acceptors (Lipinski definition) is 7. The molecule has 2 unspecified atom stereocenters. The van der Waals surface area contributed by atoms with E-state index < -0.39 is 53.1 Å². The Morgan fingerprint density at radius 3 is 2.29 bits per heavy atom. The molecule has 0 radical (unpaired) electrons. The van der Waals surface area contributed by atoms with Crippen LogP contribution in [0.5, 0.6) is 0 Å². The second-order valence-electron chi connectivity index (χ2n) is 8.23. The van der Waals surface area contributed by atoms with Gasteiger partial charge in [-0.05, 0) is 33.8 Å². The zero-order chi connectivity index (χ0) is 17.1. The Kier molecular flexibility index (Phi) is 2.57. The van der Waals surface area contributed by atoms with Crippen LogP contribution in [0.1, 0.15) is 27.7 Å². The Labute approximate surface area is 140 Å². The van der Waals surface area contributed by atoms with Crippen molar-refractivity contribution in [1.29, 1.82) is 5.26 Å². The third-order valence-electron chi connectivity index (χ3n) is 5.83. The highest BCUT2D eigenvalue weighted by Gasteiger charge is 2.82. The molecule has 8 atom stereocenters. The van der Waals surface area contributed by atoms with Gasteiger partial charge in [0.2, 0.25) is 0 Å². The van der Waals surface area contributed by atoms with Crippen molar-refractivity contribution in [3.63, 3.8) is 0 Å². The van der Waals surface area contributed by atoms with Gasteiger partial charge in [0, 0.05) is 0 Å². The molecule has 7 nitrogen and oxygen atoms in total. The minimum Gasteiger partial charge on any atom is -0.381 e. The van der Waals surface area contributed by atoms with Gasteiger partial charge in [-0.2, -0.15) is 5.26 Å². The fourth-order valence-corrected chi connectivity index (χ4v) is 4.94. The van der Waals surface area contributed by atoms with Crippen LogP contribution in [0, 0.1) is 16.7 Å². The van der Waals surface area contributed by atoms with Crippen molar-refractivity contribution in [2.45, 2.75) is 81.5 Å². The predicted molar refractivity (Wildman–Crippen MR) is 78.4 cm³/mol. The smallest absolute Gasteiger partial charge is 0.164 e. The first kappa shape index (κ1) is 15.3. The van der Waals surface area contributed by atoms with E-state index in [1.807, 2.05) is 0 Å². The molecule has 0 aromatic rings. The van der Waals surface area contributed by atoms with E-state index in [0.29, 0.717) is 0 Å². The average molecular weight is 335 g/mol. The van der Waals surface area contributed by atoms with E-state index in [0.717, 1.165) is 0 Å². The number of aliphatic hydroxyl groups is 1. The molecule has 3 heterocycles. The summed E-state index contributed by atoms with van der Waals surface area (Å²) in [6, 6.07) is 2.34. The lowest BCUT2D eigenvalue weighted by Gasteiger charge is -2.51. The molecule has 5 aliphatic rings. The summed E-state index contributed by atoms with van der Waals surface area (Å²) in [5.74, 6) is -1.70. The molecule has 2 aliphatic carbocycles. The lowest BCUT2D eigenvalue weighted by atomic mass is 9.55. The van der Waals surface area contributed by atoms with Crippen LogP contribution >= 0.6 is 0 Å². The number of nitriles is 1. The van der Waals surface area contributed by atoms with E-state index in [1.165, 1.54) is 0 Å². The van der Waals surface area contributed by atoms with Gasteiger partial charge in [0.05, 0.1) is 6.07 Å². The Bertz CT molecular complexity index is 683. The maximum absolute atomic E-state index is 11.5. The summed E-state index contributed by atoms with van der Waals surface area (Å²) < 4.78 is 29.8. The van der Waals surface area contributed by atoms with Gasteiger partial charge in [-0.25, -0.2) is 0 Å². The SMILES string of the molecule is CC1(C)O[C@@H]2[C@@H](C=C[C@]3(O)C4OC4[C@@H]4OC(C)(C)O[C@@H]4[C@@]23C#N)O1. The molecule has 0 bridgehead atoms. The fourth-order valence-electron chi connectivity index (χ4n) is 4.94. The van der Waals surface area contributed by atoms with Crippen molar-refractivity contribution in [3.05, 3.63) is 12.2 Å². The van der Waals surface area contributed by atoms with Crippen LogP contribution in [0.15, 0.2) is 12.2 Å². The van der Waals surface area contributed by atoms with E-state index in [4.69, 9.17) is 23.7 Å². The van der Waals surface area contributed by atoms with Crippen molar-refractivity contribution >= 4 is 0 Å². The zero-order valence-electron chi connectivity index (χ0n) is 14.1. The normalized spacial score (nSPS) is 58.2. The second-order valence-corrected chi connectivity index (χ2v) is 8.23. The number of rotatable bonds is 0. The molecule has 0 amide bonds. The molecule has 3 saturated heterocycles. The lowest BCUT2D eigenvalue weighted by Crippen LogP contribution is -2.71. The highest BCUT2D eigenvalue weighted by Crippen LogP contribution is 2.63. The van der Waals surface area contributed by atoms with E-state index in [1.54, 1.807) is 39.8 Å². The Morgan fingerprint density at radius 1 is 0.917 bits per heavy atom. The van der Waals surface area contributed by atoms with Crippen LogP contribution in [0.2, 0.25) is 0 Å². The molecule has 130 valence electrons. The molecular weight excluding hydrogens is 314 g/mol. The number of epoxide rings is 1. The van der Waals surface area contributed by atoms with Gasteiger partial charge in [0.15, 0.2) is 11.6 Å². The third kappa shape index (κ3) is 1.57. The van der Waals surface area contributed by atoms with E-state index in [-0.39, 0.29) is 6.10 Å². The molecule has 7 heteroatoms. The van der Waals surface area contributed by atoms with Gasteiger partial charge >= 0.3 is 0 Å². The van der Waals surface area contributed by atoms with Gasteiger partial charge in [-0.3, -0.25) is 0 Å². The van der Waals surface area contributed by atoms with Crippen LogP contribution in [-0.4, -0.2) is 58.9 Å². The number of ether oxygens (including phenoxy) is 5. The largest absolute Gasteiger partial charge is 0.381 e. The fraction of sp³-hybridized carbons (Fsp3) is 0.824. The van der Waals surface area contributed by atoms with Crippen LogP contribution in [0.4, 0.5) is 0 Å². The highest BCUT2D eigenvalue weighted by atomic mass is 16.8. The summed E-state index contributed by atoms with van der Waals surface area (Å²) in [7, 11) is 0. The van der Waals surface area contributed by atoms with E-state index >= 15 is 0 Å². The quantitative estimate of drug-likeness (QED) is 0.512. The Balaban J connectivity index is 1.69. The number of hydrogen-bond donors (Lipinski definition) is 1. The number of nitrogens with zero attached hydrogens (tertiary/aromatic N) is 1. The van der Waals surface area contributed by atoms with Crippen molar-refractivity contribution in [2.24, 2.45) is 5.41 Å². The molecule has 1 N–H and O–H groups in total. The third-order valence-corrected chi connectivity index (χ3v) is 5.83. The van der Waals surface area contributed by atoms with Crippen molar-refractivity contribution in [2.75, 3.05) is 0 Å². The maximum atomic E-state index is 11.5. The van der Waals surface area contributed by atoms with Crippen LogP contribution < -0.4 is 0 Å². The molecule has 3 aliphatic heterocycles. The topological polar surface area (TPSA) is 93.5 Å². The summed E-state index contributed by atoms with van der Waals surface area (Å²) in [6.45, 7) is 7.21. The molecule has 0 spiro atoms. The lowest BCUT2D eigenvalue weighted by molar-refractivity contribution is -0.212. The molecular formula is C17H21NO6. The monoisotopic (exact) mass is 335 g/mol. The standard InChI is InChI=1S/C17H21NO6/c1-14(2)21-8-5-6-17(19)13-9(20-13)10-12(24-15(3,4)22-10)16(17,7-18)11(8)23-14/h5-6,8-13,19H,1-4H3/t8-,9?,10+,11-,12+,13?,16-,17+/m1/s1. The van der Waals surface area contributed by atoms with Crippen LogP contribution in [-0.2, 0) is 23.7 Å². The highest BCUT2D eigenvalue weighted by molar-refractivity contribution is 5.41. The van der Waals surface area contributed by atoms with Crippen molar-refractivity contribution < 1.29 is 28.8 Å². The van der Waals surface area contributed by atoms with E-state index in [2.05, 4.69) is 6.07 Å². The molecule has 24 heavy (non-hydrogen) atoms.